The van der Waals surface area contributed by atoms with E-state index in [4.69, 9.17) is 10.5 Å². The number of nitrogens with two attached hydrogens (primary N) is 1. The number of amides is 1. The lowest BCUT2D eigenvalue weighted by Crippen LogP contribution is -2.41. The molecule has 1 amide bonds. The Morgan fingerprint density at radius 1 is 1.39 bits per heavy atom. The molecule has 0 spiro atoms. The molecule has 0 saturated heterocycles. The molecule has 0 bridgehead atoms. The number of ether oxygens (including phenoxy) is 1. The number of carbonyl (C=O) groups is 1. The van der Waals surface area contributed by atoms with E-state index in [-0.39, 0.29) is 5.91 Å². The first kappa shape index (κ1) is 14.7. The summed E-state index contributed by atoms with van der Waals surface area (Å²) in [7, 11) is 1.66. The van der Waals surface area contributed by atoms with Crippen LogP contribution < -0.4 is 11.1 Å². The van der Waals surface area contributed by atoms with Gasteiger partial charge in [-0.1, -0.05) is 24.3 Å². The van der Waals surface area contributed by atoms with Gasteiger partial charge in [0.15, 0.2) is 0 Å². The SMILES string of the molecule is COCc1cccc(CNC(=O)C(C)(C)CN)c1. The maximum atomic E-state index is 11.9. The molecule has 0 atom stereocenters. The van der Waals surface area contributed by atoms with Crippen LogP contribution in [-0.2, 0) is 22.7 Å². The number of nitrogens with one attached hydrogen (secondary N) is 1. The molecule has 18 heavy (non-hydrogen) atoms. The molecule has 0 aromatic heterocycles. The Bertz CT molecular complexity index is 403. The molecule has 0 aliphatic rings. The predicted octanol–water partition coefficient (Wildman–Crippen LogP) is 1.43. The Morgan fingerprint density at radius 2 is 2.06 bits per heavy atom. The molecule has 0 fully saturated rings. The first-order valence-corrected chi connectivity index (χ1v) is 6.04. The van der Waals surface area contributed by atoms with Gasteiger partial charge >= 0.3 is 0 Å². The van der Waals surface area contributed by atoms with Crippen molar-refractivity contribution >= 4 is 5.91 Å². The van der Waals surface area contributed by atoms with Crippen LogP contribution >= 0.6 is 0 Å². The average Bonchev–Trinajstić information content (AvgIpc) is 2.36. The van der Waals surface area contributed by atoms with Crippen molar-refractivity contribution in [3.05, 3.63) is 35.4 Å². The minimum atomic E-state index is -0.524. The molecule has 0 saturated carbocycles. The van der Waals surface area contributed by atoms with Crippen molar-refractivity contribution in [1.82, 2.24) is 5.32 Å². The quantitative estimate of drug-likeness (QED) is 0.803. The molecule has 0 aliphatic heterocycles. The summed E-state index contributed by atoms with van der Waals surface area (Å²) in [6.07, 6.45) is 0. The van der Waals surface area contributed by atoms with Crippen LogP contribution in [0.25, 0.3) is 0 Å². The van der Waals surface area contributed by atoms with Crippen molar-refractivity contribution in [2.24, 2.45) is 11.1 Å². The highest BCUT2D eigenvalue weighted by Crippen LogP contribution is 2.13. The lowest BCUT2D eigenvalue weighted by Gasteiger charge is -2.21. The lowest BCUT2D eigenvalue weighted by atomic mass is 9.92. The molecule has 4 nitrogen and oxygen atoms in total. The van der Waals surface area contributed by atoms with E-state index >= 15 is 0 Å². The number of rotatable bonds is 6. The highest BCUT2D eigenvalue weighted by Gasteiger charge is 2.25. The van der Waals surface area contributed by atoms with Crippen molar-refractivity contribution in [2.75, 3.05) is 13.7 Å². The van der Waals surface area contributed by atoms with Gasteiger partial charge in [0, 0.05) is 20.2 Å². The standard InChI is InChI=1S/C14H22N2O2/c1-14(2,10-15)13(17)16-8-11-5-4-6-12(7-11)9-18-3/h4-7H,8-10,15H2,1-3H3,(H,16,17). The summed E-state index contributed by atoms with van der Waals surface area (Å²) in [5.41, 5.74) is 7.20. The predicted molar refractivity (Wildman–Crippen MR) is 71.8 cm³/mol. The van der Waals surface area contributed by atoms with Gasteiger partial charge in [-0.3, -0.25) is 4.79 Å². The number of methoxy groups -OCH3 is 1. The average molecular weight is 250 g/mol. The van der Waals surface area contributed by atoms with Gasteiger partial charge in [-0.2, -0.15) is 0 Å². The van der Waals surface area contributed by atoms with E-state index in [1.54, 1.807) is 7.11 Å². The maximum Gasteiger partial charge on any atom is 0.227 e. The zero-order valence-corrected chi connectivity index (χ0v) is 11.3. The van der Waals surface area contributed by atoms with Gasteiger partial charge in [-0.05, 0) is 25.0 Å². The molecule has 0 unspecified atom stereocenters. The van der Waals surface area contributed by atoms with Crippen LogP contribution in [0.1, 0.15) is 25.0 Å². The van der Waals surface area contributed by atoms with Crippen LogP contribution in [0.4, 0.5) is 0 Å². The molecular weight excluding hydrogens is 228 g/mol. The van der Waals surface area contributed by atoms with Gasteiger partial charge in [-0.15, -0.1) is 0 Å². The monoisotopic (exact) mass is 250 g/mol. The lowest BCUT2D eigenvalue weighted by molar-refractivity contribution is -0.129. The highest BCUT2D eigenvalue weighted by molar-refractivity contribution is 5.81. The molecular formula is C14H22N2O2. The summed E-state index contributed by atoms with van der Waals surface area (Å²) in [6.45, 7) is 5.10. The molecule has 0 radical (unpaired) electrons. The number of hydrogen-bond donors (Lipinski definition) is 2. The second-order valence-corrected chi connectivity index (χ2v) is 5.02. The Kier molecular flexibility index (Phi) is 5.31. The van der Waals surface area contributed by atoms with Gasteiger partial charge in [0.25, 0.3) is 0 Å². The van der Waals surface area contributed by atoms with Crippen LogP contribution in [0.2, 0.25) is 0 Å². The smallest absolute Gasteiger partial charge is 0.227 e. The fraction of sp³-hybridized carbons (Fsp3) is 0.500. The fourth-order valence-electron chi connectivity index (χ4n) is 1.51. The van der Waals surface area contributed by atoms with Crippen LogP contribution in [0.3, 0.4) is 0 Å². The van der Waals surface area contributed by atoms with Crippen molar-refractivity contribution < 1.29 is 9.53 Å². The van der Waals surface area contributed by atoms with E-state index in [0.717, 1.165) is 11.1 Å². The number of hydrogen-bond acceptors (Lipinski definition) is 3. The van der Waals surface area contributed by atoms with Crippen molar-refractivity contribution in [3.8, 4) is 0 Å². The topological polar surface area (TPSA) is 64.3 Å². The molecule has 0 heterocycles. The zero-order valence-electron chi connectivity index (χ0n) is 11.3. The third-order valence-electron chi connectivity index (χ3n) is 2.88. The Balaban J connectivity index is 2.58. The van der Waals surface area contributed by atoms with Gasteiger partial charge in [0.2, 0.25) is 5.91 Å². The zero-order chi connectivity index (χ0) is 13.6. The minimum Gasteiger partial charge on any atom is -0.380 e. The van der Waals surface area contributed by atoms with Crippen molar-refractivity contribution in [3.63, 3.8) is 0 Å². The van der Waals surface area contributed by atoms with Gasteiger partial charge < -0.3 is 15.8 Å². The Labute approximate surface area is 109 Å². The minimum absolute atomic E-state index is 0.0258. The second-order valence-electron chi connectivity index (χ2n) is 5.02. The van der Waals surface area contributed by atoms with Gasteiger partial charge in [0.1, 0.15) is 0 Å². The van der Waals surface area contributed by atoms with Gasteiger partial charge in [-0.25, -0.2) is 0 Å². The molecule has 3 N–H and O–H groups in total. The van der Waals surface area contributed by atoms with E-state index in [1.807, 2.05) is 38.1 Å². The van der Waals surface area contributed by atoms with E-state index in [0.29, 0.717) is 19.7 Å². The highest BCUT2D eigenvalue weighted by atomic mass is 16.5. The van der Waals surface area contributed by atoms with E-state index in [1.165, 1.54) is 0 Å². The molecule has 1 aromatic rings. The fourth-order valence-corrected chi connectivity index (χ4v) is 1.51. The Morgan fingerprint density at radius 3 is 2.67 bits per heavy atom. The summed E-state index contributed by atoms with van der Waals surface area (Å²) in [6, 6.07) is 7.97. The molecule has 100 valence electrons. The summed E-state index contributed by atoms with van der Waals surface area (Å²) in [5, 5.41) is 2.90. The Hall–Kier alpha value is -1.39. The summed E-state index contributed by atoms with van der Waals surface area (Å²) >= 11 is 0. The number of carbonyl (C=O) groups excluding carboxylic acids is 1. The number of benzene rings is 1. The third-order valence-corrected chi connectivity index (χ3v) is 2.88. The summed E-state index contributed by atoms with van der Waals surface area (Å²) in [5.74, 6) is -0.0258. The summed E-state index contributed by atoms with van der Waals surface area (Å²) in [4.78, 5) is 11.9. The van der Waals surface area contributed by atoms with Crippen molar-refractivity contribution in [1.29, 1.82) is 0 Å². The maximum absolute atomic E-state index is 11.9. The largest absolute Gasteiger partial charge is 0.380 e. The van der Waals surface area contributed by atoms with Crippen LogP contribution in [0, 0.1) is 5.41 Å². The van der Waals surface area contributed by atoms with Crippen LogP contribution in [-0.4, -0.2) is 19.6 Å². The molecule has 1 rings (SSSR count). The van der Waals surface area contributed by atoms with Gasteiger partial charge in [0.05, 0.1) is 12.0 Å². The molecule has 0 aliphatic carbocycles. The third kappa shape index (κ3) is 4.13. The normalized spacial score (nSPS) is 11.3. The van der Waals surface area contributed by atoms with Crippen LogP contribution in [0.15, 0.2) is 24.3 Å². The van der Waals surface area contributed by atoms with Crippen LogP contribution in [0.5, 0.6) is 0 Å². The van der Waals surface area contributed by atoms with E-state index in [9.17, 15) is 4.79 Å². The molecule has 1 aromatic carbocycles. The first-order chi connectivity index (χ1) is 8.49. The van der Waals surface area contributed by atoms with E-state index < -0.39 is 5.41 Å². The molecule has 4 heteroatoms. The summed E-state index contributed by atoms with van der Waals surface area (Å²) < 4.78 is 5.08. The van der Waals surface area contributed by atoms with Crippen molar-refractivity contribution in [2.45, 2.75) is 27.0 Å². The second kappa shape index (κ2) is 6.52. The first-order valence-electron chi connectivity index (χ1n) is 6.04. The van der Waals surface area contributed by atoms with E-state index in [2.05, 4.69) is 5.32 Å².